The number of esters is 1. The minimum atomic E-state index is -0.651. The number of ether oxygens (including phenoxy) is 1. The molecule has 1 aliphatic rings. The average Bonchev–Trinajstić information content (AvgIpc) is 3.36. The van der Waals surface area contributed by atoms with Gasteiger partial charge in [-0.15, -0.1) is 0 Å². The number of hydrazone groups is 1. The number of hydrogen-bond acceptors (Lipinski definition) is 6. The van der Waals surface area contributed by atoms with E-state index in [9.17, 15) is 9.59 Å². The molecule has 0 saturated carbocycles. The van der Waals surface area contributed by atoms with Gasteiger partial charge in [-0.2, -0.15) is 10.2 Å². The summed E-state index contributed by atoms with van der Waals surface area (Å²) in [7, 11) is 0. The van der Waals surface area contributed by atoms with E-state index in [1.807, 2.05) is 42.5 Å². The van der Waals surface area contributed by atoms with Gasteiger partial charge in [0.15, 0.2) is 0 Å². The first-order valence-electron chi connectivity index (χ1n) is 8.98. The lowest BCUT2D eigenvalue weighted by atomic mass is 10.1. The minimum Gasteiger partial charge on any atom is -0.461 e. The van der Waals surface area contributed by atoms with Crippen LogP contribution in [0.3, 0.4) is 0 Å². The first kappa shape index (κ1) is 17.7. The number of nitrogens with zero attached hydrogens (tertiary/aromatic N) is 3. The first-order valence-corrected chi connectivity index (χ1v) is 8.98. The molecule has 2 aromatic carbocycles. The molecule has 0 radical (unpaired) electrons. The highest BCUT2D eigenvalue weighted by atomic mass is 16.5. The van der Waals surface area contributed by atoms with E-state index in [1.54, 1.807) is 24.2 Å². The highest BCUT2D eigenvalue weighted by Gasteiger charge is 2.36. The highest BCUT2D eigenvalue weighted by Crippen LogP contribution is 2.26. The van der Waals surface area contributed by atoms with Gasteiger partial charge in [-0.1, -0.05) is 18.2 Å². The van der Waals surface area contributed by atoms with E-state index in [1.165, 1.54) is 0 Å². The molecule has 28 heavy (non-hydrogen) atoms. The second-order valence-electron chi connectivity index (χ2n) is 6.33. The van der Waals surface area contributed by atoms with Crippen LogP contribution in [0.2, 0.25) is 0 Å². The topological polar surface area (TPSA) is 99.7 Å². The largest absolute Gasteiger partial charge is 0.461 e. The Bertz CT molecular complexity index is 1040. The summed E-state index contributed by atoms with van der Waals surface area (Å²) in [5, 5.41) is 16.6. The molecule has 1 aromatic heterocycles. The number of carbonyl (C=O) groups excluding carboxylic acids is 2. The molecule has 4 rings (SSSR count). The van der Waals surface area contributed by atoms with Crippen LogP contribution in [-0.2, 0) is 14.3 Å². The summed E-state index contributed by atoms with van der Waals surface area (Å²) in [5.41, 5.74) is 2.50. The van der Waals surface area contributed by atoms with Crippen LogP contribution in [0.25, 0.3) is 10.9 Å². The summed E-state index contributed by atoms with van der Waals surface area (Å²) in [4.78, 5) is 25.1. The average molecular weight is 377 g/mol. The van der Waals surface area contributed by atoms with Crippen molar-refractivity contribution in [1.29, 1.82) is 0 Å². The lowest BCUT2D eigenvalue weighted by molar-refractivity contribution is -0.135. The number of nitrogens with one attached hydrogen (secondary N) is 2. The van der Waals surface area contributed by atoms with Gasteiger partial charge in [-0.25, -0.2) is 4.79 Å². The van der Waals surface area contributed by atoms with E-state index in [0.717, 1.165) is 16.6 Å². The van der Waals surface area contributed by atoms with Gasteiger partial charge in [-0.05, 0) is 37.3 Å². The summed E-state index contributed by atoms with van der Waals surface area (Å²) in [6.45, 7) is 1.99. The zero-order valence-electron chi connectivity index (χ0n) is 15.3. The number of H-pyrrole nitrogens is 1. The quantitative estimate of drug-likeness (QED) is 0.666. The molecule has 0 saturated heterocycles. The second-order valence-corrected chi connectivity index (χ2v) is 6.33. The van der Waals surface area contributed by atoms with Crippen LogP contribution < -0.4 is 10.3 Å². The third kappa shape index (κ3) is 3.44. The van der Waals surface area contributed by atoms with Gasteiger partial charge >= 0.3 is 5.97 Å². The molecule has 8 heteroatoms. The van der Waals surface area contributed by atoms with Crippen molar-refractivity contribution >= 4 is 39.9 Å². The fourth-order valence-electron chi connectivity index (χ4n) is 3.12. The summed E-state index contributed by atoms with van der Waals surface area (Å²) < 4.78 is 5.06. The van der Waals surface area contributed by atoms with Gasteiger partial charge in [0.05, 0.1) is 24.0 Å². The van der Waals surface area contributed by atoms with Crippen LogP contribution in [0.4, 0.5) is 11.4 Å². The summed E-state index contributed by atoms with van der Waals surface area (Å²) in [6.07, 6.45) is 1.87. The van der Waals surface area contributed by atoms with Crippen molar-refractivity contribution < 1.29 is 14.3 Å². The molecule has 142 valence electrons. The van der Waals surface area contributed by atoms with E-state index in [-0.39, 0.29) is 24.6 Å². The predicted molar refractivity (Wildman–Crippen MR) is 106 cm³/mol. The fourth-order valence-corrected chi connectivity index (χ4v) is 3.12. The first-order chi connectivity index (χ1) is 13.7. The van der Waals surface area contributed by atoms with E-state index in [4.69, 9.17) is 4.74 Å². The van der Waals surface area contributed by atoms with Crippen LogP contribution in [0.5, 0.6) is 0 Å². The molecule has 1 atom stereocenters. The smallest absolute Gasteiger partial charge is 0.354 e. The number of amides is 1. The Balaban J connectivity index is 1.58. The van der Waals surface area contributed by atoms with Crippen LogP contribution >= 0.6 is 0 Å². The van der Waals surface area contributed by atoms with Crippen molar-refractivity contribution in [1.82, 2.24) is 10.2 Å². The van der Waals surface area contributed by atoms with E-state index < -0.39 is 12.0 Å². The number of anilines is 2. The van der Waals surface area contributed by atoms with E-state index in [0.29, 0.717) is 5.69 Å². The molecule has 8 nitrogen and oxygen atoms in total. The molecule has 0 bridgehead atoms. The maximum absolute atomic E-state index is 13.0. The molecule has 2 heterocycles. The van der Waals surface area contributed by atoms with Gasteiger partial charge < -0.3 is 10.1 Å². The van der Waals surface area contributed by atoms with Gasteiger partial charge in [0, 0.05) is 17.5 Å². The molecule has 3 aromatic rings. The van der Waals surface area contributed by atoms with Crippen molar-refractivity contribution in [3.8, 4) is 0 Å². The van der Waals surface area contributed by atoms with Crippen molar-refractivity contribution in [3.63, 3.8) is 0 Å². The molecule has 0 fully saturated rings. The number of carbonyl (C=O) groups is 2. The summed E-state index contributed by atoms with van der Waals surface area (Å²) in [6, 6.07) is 14.1. The van der Waals surface area contributed by atoms with Gasteiger partial charge in [-0.3, -0.25) is 14.9 Å². The molecule has 0 spiro atoms. The Kier molecular flexibility index (Phi) is 4.76. The number of hydrogen-bond donors (Lipinski definition) is 2. The van der Waals surface area contributed by atoms with Crippen LogP contribution in [-0.4, -0.2) is 40.4 Å². The molecule has 0 unspecified atom stereocenters. The van der Waals surface area contributed by atoms with Crippen molar-refractivity contribution in [2.75, 3.05) is 16.9 Å². The Hall–Kier alpha value is -3.68. The normalized spacial score (nSPS) is 16.1. The van der Waals surface area contributed by atoms with Crippen LogP contribution in [0.15, 0.2) is 59.8 Å². The number of aromatic amines is 1. The Labute approximate surface area is 161 Å². The summed E-state index contributed by atoms with van der Waals surface area (Å²) >= 11 is 0. The van der Waals surface area contributed by atoms with Crippen molar-refractivity contribution in [2.45, 2.75) is 19.4 Å². The standard InChI is InChI=1S/C20H19N5O3/c1-2-28-20(27)17-11-18(25(24-17)15-6-4-3-5-7-15)19(26)22-14-8-9-16-13(10-14)12-21-23-16/h3-10,12,18H,2,11H2,1H3,(H,21,23)(H,22,26)/t18-/m1/s1. The lowest BCUT2D eigenvalue weighted by Crippen LogP contribution is -2.38. The highest BCUT2D eigenvalue weighted by molar-refractivity contribution is 6.38. The van der Waals surface area contributed by atoms with E-state index >= 15 is 0 Å². The van der Waals surface area contributed by atoms with Crippen molar-refractivity contribution in [2.24, 2.45) is 5.10 Å². The Morgan fingerprint density at radius 1 is 1.25 bits per heavy atom. The SMILES string of the molecule is CCOC(=O)C1=NN(c2ccccc2)[C@@H](C(=O)Nc2ccc3[nH]ncc3c2)C1. The number of fused-ring (bicyclic) bond motifs is 1. The fraction of sp³-hybridized carbons (Fsp3) is 0.200. The van der Waals surface area contributed by atoms with E-state index in [2.05, 4.69) is 20.6 Å². The van der Waals surface area contributed by atoms with Gasteiger partial charge in [0.2, 0.25) is 5.91 Å². The molecular weight excluding hydrogens is 358 g/mol. The molecular formula is C20H19N5O3. The number of aromatic nitrogens is 2. The third-order valence-electron chi connectivity index (χ3n) is 4.45. The number of benzene rings is 2. The zero-order valence-corrected chi connectivity index (χ0v) is 15.3. The lowest BCUT2D eigenvalue weighted by Gasteiger charge is -2.22. The molecule has 1 aliphatic heterocycles. The number of para-hydroxylation sites is 1. The van der Waals surface area contributed by atoms with Gasteiger partial charge in [0.25, 0.3) is 0 Å². The second kappa shape index (κ2) is 7.51. The Morgan fingerprint density at radius 3 is 2.86 bits per heavy atom. The summed E-state index contributed by atoms with van der Waals surface area (Å²) in [5.74, 6) is -0.756. The minimum absolute atomic E-state index is 0.174. The van der Waals surface area contributed by atoms with Crippen LogP contribution in [0, 0.1) is 0 Å². The Morgan fingerprint density at radius 2 is 2.07 bits per heavy atom. The predicted octanol–water partition coefficient (Wildman–Crippen LogP) is 2.70. The monoisotopic (exact) mass is 377 g/mol. The van der Waals surface area contributed by atoms with Gasteiger partial charge in [0.1, 0.15) is 11.8 Å². The molecule has 1 amide bonds. The molecule has 0 aliphatic carbocycles. The van der Waals surface area contributed by atoms with Crippen molar-refractivity contribution in [3.05, 3.63) is 54.7 Å². The number of rotatable bonds is 5. The third-order valence-corrected chi connectivity index (χ3v) is 4.45. The zero-order chi connectivity index (χ0) is 19.5. The maximum atomic E-state index is 13.0. The van der Waals surface area contributed by atoms with Crippen LogP contribution in [0.1, 0.15) is 13.3 Å². The maximum Gasteiger partial charge on any atom is 0.354 e. The molecule has 2 N–H and O–H groups in total.